The molecule has 1 amide bonds. The summed E-state index contributed by atoms with van der Waals surface area (Å²) in [5.74, 6) is 1.07. The first kappa shape index (κ1) is 13.9. The number of phenols is 1. The van der Waals surface area contributed by atoms with Crippen LogP contribution in [0.3, 0.4) is 0 Å². The van der Waals surface area contributed by atoms with Gasteiger partial charge in [0.05, 0.1) is 0 Å². The van der Waals surface area contributed by atoms with E-state index in [1.165, 1.54) is 5.56 Å². The van der Waals surface area contributed by atoms with Crippen molar-refractivity contribution in [1.29, 1.82) is 0 Å². The van der Waals surface area contributed by atoms with Gasteiger partial charge < -0.3 is 15.3 Å². The third-order valence-electron chi connectivity index (χ3n) is 3.80. The van der Waals surface area contributed by atoms with E-state index in [2.05, 4.69) is 5.32 Å². The molecule has 104 valence electrons. The number of phenolic OH excluding ortho intramolecular Hbond substituents is 1. The lowest BCUT2D eigenvalue weighted by atomic mass is 9.89. The molecule has 1 aromatic rings. The van der Waals surface area contributed by atoms with E-state index in [0.29, 0.717) is 18.1 Å². The quantitative estimate of drug-likeness (QED) is 0.868. The van der Waals surface area contributed by atoms with Crippen LogP contribution in [0.25, 0.3) is 0 Å². The highest BCUT2D eigenvalue weighted by atomic mass is 16.3. The zero-order valence-corrected chi connectivity index (χ0v) is 11.4. The molecule has 4 nitrogen and oxygen atoms in total. The molecule has 1 fully saturated rings. The normalized spacial score (nSPS) is 16.6. The van der Waals surface area contributed by atoms with Crippen molar-refractivity contribution in [3.8, 4) is 5.75 Å². The molecule has 0 aromatic heterocycles. The molecule has 1 aromatic carbocycles. The van der Waals surface area contributed by atoms with Crippen molar-refractivity contribution >= 4 is 5.91 Å². The SMILES string of the molecule is CNCCC(=O)N1CCC(c2ccc(O)cc2)CC1. The summed E-state index contributed by atoms with van der Waals surface area (Å²) in [6.45, 7) is 2.43. The van der Waals surface area contributed by atoms with Crippen LogP contribution in [0, 0.1) is 0 Å². The minimum Gasteiger partial charge on any atom is -0.508 e. The molecule has 1 aliphatic rings. The number of benzene rings is 1. The molecule has 1 aliphatic heterocycles. The largest absolute Gasteiger partial charge is 0.508 e. The van der Waals surface area contributed by atoms with Crippen molar-refractivity contribution in [2.45, 2.75) is 25.2 Å². The fraction of sp³-hybridized carbons (Fsp3) is 0.533. The molecule has 0 aliphatic carbocycles. The molecule has 0 atom stereocenters. The zero-order chi connectivity index (χ0) is 13.7. The van der Waals surface area contributed by atoms with Crippen LogP contribution >= 0.6 is 0 Å². The highest BCUT2D eigenvalue weighted by Gasteiger charge is 2.23. The summed E-state index contributed by atoms with van der Waals surface area (Å²) in [5.41, 5.74) is 1.26. The Morgan fingerprint density at radius 3 is 2.53 bits per heavy atom. The number of nitrogens with zero attached hydrogens (tertiary/aromatic N) is 1. The first-order valence-corrected chi connectivity index (χ1v) is 6.92. The summed E-state index contributed by atoms with van der Waals surface area (Å²) in [6.07, 6.45) is 2.60. The van der Waals surface area contributed by atoms with E-state index < -0.39 is 0 Å². The number of carbonyl (C=O) groups excluding carboxylic acids is 1. The van der Waals surface area contributed by atoms with Crippen molar-refractivity contribution in [1.82, 2.24) is 10.2 Å². The number of piperidine rings is 1. The Labute approximate surface area is 114 Å². The number of likely N-dealkylation sites (tertiary alicyclic amines) is 1. The predicted octanol–water partition coefficient (Wildman–Crippen LogP) is 1.71. The van der Waals surface area contributed by atoms with Gasteiger partial charge in [0, 0.05) is 26.1 Å². The molecule has 1 heterocycles. The van der Waals surface area contributed by atoms with Crippen LogP contribution in [0.1, 0.15) is 30.7 Å². The van der Waals surface area contributed by atoms with Gasteiger partial charge in [0.25, 0.3) is 0 Å². The van der Waals surface area contributed by atoms with Crippen LogP contribution in [-0.4, -0.2) is 42.6 Å². The van der Waals surface area contributed by atoms with Gasteiger partial charge in [-0.15, -0.1) is 0 Å². The Morgan fingerprint density at radius 2 is 1.95 bits per heavy atom. The van der Waals surface area contributed by atoms with Gasteiger partial charge in [0.1, 0.15) is 5.75 Å². The van der Waals surface area contributed by atoms with Crippen LogP contribution in [0.5, 0.6) is 5.75 Å². The molecular formula is C15H22N2O2. The summed E-state index contributed by atoms with van der Waals surface area (Å²) in [4.78, 5) is 13.9. The van der Waals surface area contributed by atoms with Crippen molar-refractivity contribution in [3.05, 3.63) is 29.8 Å². The molecule has 0 bridgehead atoms. The topological polar surface area (TPSA) is 52.6 Å². The summed E-state index contributed by atoms with van der Waals surface area (Å²) >= 11 is 0. The third-order valence-corrected chi connectivity index (χ3v) is 3.80. The first-order valence-electron chi connectivity index (χ1n) is 6.92. The number of aromatic hydroxyl groups is 1. The monoisotopic (exact) mass is 262 g/mol. The summed E-state index contributed by atoms with van der Waals surface area (Å²) in [7, 11) is 1.87. The van der Waals surface area contributed by atoms with Crippen molar-refractivity contribution in [2.75, 3.05) is 26.7 Å². The first-order chi connectivity index (χ1) is 9.20. The lowest BCUT2D eigenvalue weighted by Crippen LogP contribution is -2.38. The number of amides is 1. The number of hydrogen-bond donors (Lipinski definition) is 2. The van der Waals surface area contributed by atoms with Crippen LogP contribution in [0.2, 0.25) is 0 Å². The summed E-state index contributed by atoms with van der Waals surface area (Å²) < 4.78 is 0. The molecule has 0 radical (unpaired) electrons. The van der Waals surface area contributed by atoms with Gasteiger partial charge in [-0.3, -0.25) is 4.79 Å². The van der Waals surface area contributed by atoms with Gasteiger partial charge >= 0.3 is 0 Å². The highest BCUT2D eigenvalue weighted by Crippen LogP contribution is 2.29. The Balaban J connectivity index is 1.85. The van der Waals surface area contributed by atoms with Gasteiger partial charge in [0.15, 0.2) is 0 Å². The maximum atomic E-state index is 11.9. The van der Waals surface area contributed by atoms with Crippen LogP contribution < -0.4 is 5.32 Å². The van der Waals surface area contributed by atoms with E-state index in [1.807, 2.05) is 24.1 Å². The molecule has 0 spiro atoms. The Morgan fingerprint density at radius 1 is 1.32 bits per heavy atom. The van der Waals surface area contributed by atoms with Gasteiger partial charge in [0.2, 0.25) is 5.91 Å². The Kier molecular flexibility index (Phi) is 4.80. The highest BCUT2D eigenvalue weighted by molar-refractivity contribution is 5.76. The van der Waals surface area contributed by atoms with Gasteiger partial charge in [-0.25, -0.2) is 0 Å². The van der Waals surface area contributed by atoms with E-state index in [0.717, 1.165) is 32.5 Å². The summed E-state index contributed by atoms with van der Waals surface area (Å²) in [6, 6.07) is 7.44. The molecule has 19 heavy (non-hydrogen) atoms. The molecule has 2 rings (SSSR count). The van der Waals surface area contributed by atoms with Crippen LogP contribution in [0.4, 0.5) is 0 Å². The lowest BCUT2D eigenvalue weighted by molar-refractivity contribution is -0.132. The predicted molar refractivity (Wildman–Crippen MR) is 75.2 cm³/mol. The fourth-order valence-electron chi connectivity index (χ4n) is 2.60. The second-order valence-electron chi connectivity index (χ2n) is 5.10. The van der Waals surface area contributed by atoms with Crippen molar-refractivity contribution in [3.63, 3.8) is 0 Å². The lowest BCUT2D eigenvalue weighted by Gasteiger charge is -2.32. The second kappa shape index (κ2) is 6.57. The Bertz CT molecular complexity index is 409. The van der Waals surface area contributed by atoms with Gasteiger partial charge in [-0.05, 0) is 43.5 Å². The standard InChI is InChI=1S/C15H22N2O2/c1-16-9-6-15(19)17-10-7-13(8-11-17)12-2-4-14(18)5-3-12/h2-5,13,16,18H,6-11H2,1H3. The van der Waals surface area contributed by atoms with E-state index in [4.69, 9.17) is 0 Å². The molecule has 4 heteroatoms. The van der Waals surface area contributed by atoms with Crippen LogP contribution in [-0.2, 0) is 4.79 Å². The summed E-state index contributed by atoms with van der Waals surface area (Å²) in [5, 5.41) is 12.3. The molecular weight excluding hydrogens is 240 g/mol. The molecule has 1 saturated heterocycles. The van der Waals surface area contributed by atoms with E-state index in [1.54, 1.807) is 12.1 Å². The fourth-order valence-corrected chi connectivity index (χ4v) is 2.60. The van der Waals surface area contributed by atoms with Gasteiger partial charge in [-0.2, -0.15) is 0 Å². The van der Waals surface area contributed by atoms with E-state index in [-0.39, 0.29) is 5.91 Å². The minimum atomic E-state index is 0.249. The number of rotatable bonds is 4. The minimum absolute atomic E-state index is 0.249. The second-order valence-corrected chi connectivity index (χ2v) is 5.10. The zero-order valence-electron chi connectivity index (χ0n) is 11.4. The number of hydrogen-bond acceptors (Lipinski definition) is 3. The average molecular weight is 262 g/mol. The molecule has 2 N–H and O–H groups in total. The average Bonchev–Trinajstić information content (AvgIpc) is 2.46. The van der Waals surface area contributed by atoms with Gasteiger partial charge in [-0.1, -0.05) is 12.1 Å². The number of carbonyl (C=O) groups is 1. The van der Waals surface area contributed by atoms with Crippen molar-refractivity contribution < 1.29 is 9.90 Å². The molecule has 0 unspecified atom stereocenters. The maximum absolute atomic E-state index is 11.9. The van der Waals surface area contributed by atoms with Crippen LogP contribution in [0.15, 0.2) is 24.3 Å². The van der Waals surface area contributed by atoms with Crippen molar-refractivity contribution in [2.24, 2.45) is 0 Å². The maximum Gasteiger partial charge on any atom is 0.223 e. The molecule has 0 saturated carbocycles. The smallest absolute Gasteiger partial charge is 0.223 e. The Hall–Kier alpha value is -1.55. The van der Waals surface area contributed by atoms with E-state index in [9.17, 15) is 9.90 Å². The third kappa shape index (κ3) is 3.70. The number of nitrogens with one attached hydrogen (secondary N) is 1. The van der Waals surface area contributed by atoms with E-state index >= 15 is 0 Å².